The molecule has 1 aliphatic rings. The second-order valence-electron chi connectivity index (χ2n) is 8.78. The number of piperazine rings is 1. The van der Waals surface area contributed by atoms with Crippen molar-refractivity contribution in [3.05, 3.63) is 72.1 Å². The number of para-hydroxylation sites is 1. The van der Waals surface area contributed by atoms with Crippen molar-refractivity contribution in [3.8, 4) is 22.9 Å². The minimum Gasteiger partial charge on any atom is -0.461 e. The Morgan fingerprint density at radius 1 is 1.03 bits per heavy atom. The summed E-state index contributed by atoms with van der Waals surface area (Å²) in [5.41, 5.74) is 5.61. The maximum Gasteiger partial charge on any atom is 0.357 e. The van der Waals surface area contributed by atoms with E-state index in [0.717, 1.165) is 59.8 Å². The molecule has 0 atom stereocenters. The van der Waals surface area contributed by atoms with E-state index >= 15 is 0 Å². The predicted octanol–water partition coefficient (Wildman–Crippen LogP) is 4.22. The van der Waals surface area contributed by atoms with E-state index in [1.165, 1.54) is 0 Å². The van der Waals surface area contributed by atoms with E-state index in [-0.39, 0.29) is 12.3 Å². The summed E-state index contributed by atoms with van der Waals surface area (Å²) in [6.45, 7) is 8.03. The van der Waals surface area contributed by atoms with Crippen molar-refractivity contribution in [1.82, 2.24) is 19.7 Å². The molecular formula is C28H28N6O2. The van der Waals surface area contributed by atoms with E-state index in [1.807, 2.05) is 37.3 Å². The number of fused-ring (bicyclic) bond motifs is 1. The molecule has 0 saturated carbocycles. The molecule has 1 fully saturated rings. The van der Waals surface area contributed by atoms with E-state index in [4.69, 9.17) is 15.1 Å². The van der Waals surface area contributed by atoms with Crippen molar-refractivity contribution >= 4 is 22.7 Å². The predicted molar refractivity (Wildman–Crippen MR) is 139 cm³/mol. The maximum atomic E-state index is 12.7. The quantitative estimate of drug-likeness (QED) is 0.302. The zero-order chi connectivity index (χ0) is 25.1. The van der Waals surface area contributed by atoms with Gasteiger partial charge < -0.3 is 9.64 Å². The smallest absolute Gasteiger partial charge is 0.357 e. The molecule has 0 radical (unpaired) electrons. The van der Waals surface area contributed by atoms with Crippen LogP contribution in [0.3, 0.4) is 0 Å². The van der Waals surface area contributed by atoms with Gasteiger partial charge in [0.25, 0.3) is 0 Å². The number of esters is 1. The molecule has 8 nitrogen and oxygen atoms in total. The minimum absolute atomic E-state index is 0.258. The van der Waals surface area contributed by atoms with Gasteiger partial charge in [0.1, 0.15) is 0 Å². The number of nitriles is 1. The number of aryl methyl sites for hydroxylation is 1. The summed E-state index contributed by atoms with van der Waals surface area (Å²) in [5.74, 6) is -0.453. The molecular weight excluding hydrogens is 452 g/mol. The molecule has 0 spiro atoms. The molecule has 0 amide bonds. The third-order valence-electron chi connectivity index (χ3n) is 6.51. The number of anilines is 1. The van der Waals surface area contributed by atoms with Crippen LogP contribution in [0, 0.1) is 18.3 Å². The van der Waals surface area contributed by atoms with E-state index in [2.05, 4.69) is 45.1 Å². The highest BCUT2D eigenvalue weighted by Gasteiger charge is 2.21. The van der Waals surface area contributed by atoms with Crippen LogP contribution in [0.1, 0.15) is 23.1 Å². The first-order chi connectivity index (χ1) is 17.6. The summed E-state index contributed by atoms with van der Waals surface area (Å²) < 4.78 is 7.07. The van der Waals surface area contributed by atoms with Crippen molar-refractivity contribution in [2.24, 2.45) is 0 Å². The van der Waals surface area contributed by atoms with Crippen molar-refractivity contribution < 1.29 is 9.53 Å². The highest BCUT2D eigenvalue weighted by molar-refractivity contribution is 6.00. The third kappa shape index (κ3) is 4.53. The Hall–Kier alpha value is -4.22. The van der Waals surface area contributed by atoms with Crippen molar-refractivity contribution in [3.63, 3.8) is 0 Å². The number of carbonyl (C=O) groups excluding carboxylic acids is 1. The third-order valence-corrected chi connectivity index (χ3v) is 6.51. The zero-order valence-electron chi connectivity index (χ0n) is 20.5. The highest BCUT2D eigenvalue weighted by atomic mass is 16.5. The Morgan fingerprint density at radius 3 is 2.42 bits per heavy atom. The van der Waals surface area contributed by atoms with Gasteiger partial charge in [-0.3, -0.25) is 4.90 Å². The number of ether oxygens (including phenoxy) is 1. The molecule has 0 aliphatic carbocycles. The van der Waals surface area contributed by atoms with E-state index in [9.17, 15) is 4.79 Å². The molecule has 5 rings (SSSR count). The molecule has 36 heavy (non-hydrogen) atoms. The minimum atomic E-state index is -0.453. The first-order valence-corrected chi connectivity index (χ1v) is 12.2. The molecule has 182 valence electrons. The lowest BCUT2D eigenvalue weighted by Gasteiger charge is -2.35. The summed E-state index contributed by atoms with van der Waals surface area (Å²) >= 11 is 0. The normalized spacial score (nSPS) is 14.1. The topological polar surface area (TPSA) is 87.3 Å². The fourth-order valence-corrected chi connectivity index (χ4v) is 4.69. The Kier molecular flexibility index (Phi) is 6.65. The van der Waals surface area contributed by atoms with Gasteiger partial charge in [0.05, 0.1) is 36.0 Å². The van der Waals surface area contributed by atoms with Crippen LogP contribution >= 0.6 is 0 Å². The largest absolute Gasteiger partial charge is 0.461 e. The monoisotopic (exact) mass is 480 g/mol. The van der Waals surface area contributed by atoms with Gasteiger partial charge in [-0.2, -0.15) is 10.4 Å². The molecule has 8 heteroatoms. The number of nitrogens with zero attached hydrogens (tertiary/aromatic N) is 6. The lowest BCUT2D eigenvalue weighted by molar-refractivity contribution is 0.0520. The maximum absolute atomic E-state index is 12.7. The highest BCUT2D eigenvalue weighted by Crippen LogP contribution is 2.33. The summed E-state index contributed by atoms with van der Waals surface area (Å²) in [4.78, 5) is 21.9. The lowest BCUT2D eigenvalue weighted by Crippen LogP contribution is -2.46. The van der Waals surface area contributed by atoms with Crippen LogP contribution < -0.4 is 4.90 Å². The van der Waals surface area contributed by atoms with Crippen LogP contribution in [0.4, 0.5) is 5.69 Å². The van der Waals surface area contributed by atoms with Gasteiger partial charge in [0.15, 0.2) is 11.3 Å². The fourth-order valence-electron chi connectivity index (χ4n) is 4.69. The number of aromatic nitrogens is 3. The van der Waals surface area contributed by atoms with Crippen LogP contribution in [0.15, 0.2) is 60.7 Å². The number of pyridine rings is 1. The van der Waals surface area contributed by atoms with Gasteiger partial charge in [0, 0.05) is 31.9 Å². The fraction of sp³-hybridized carbons (Fsp3) is 0.286. The molecule has 0 N–H and O–H groups in total. The molecule has 2 aromatic carbocycles. The zero-order valence-corrected chi connectivity index (χ0v) is 20.5. The Balaban J connectivity index is 1.55. The van der Waals surface area contributed by atoms with E-state index in [1.54, 1.807) is 17.7 Å². The van der Waals surface area contributed by atoms with Crippen LogP contribution in [0.25, 0.3) is 27.8 Å². The van der Waals surface area contributed by atoms with Crippen LogP contribution in [-0.2, 0) is 4.74 Å². The van der Waals surface area contributed by atoms with Crippen LogP contribution in [0.2, 0.25) is 0 Å². The number of hydrogen-bond acceptors (Lipinski definition) is 7. The number of hydrogen-bond donors (Lipinski definition) is 0. The van der Waals surface area contributed by atoms with Gasteiger partial charge >= 0.3 is 5.97 Å². The molecule has 0 bridgehead atoms. The van der Waals surface area contributed by atoms with Crippen LogP contribution in [0.5, 0.6) is 0 Å². The van der Waals surface area contributed by atoms with Crippen molar-refractivity contribution in [1.29, 1.82) is 5.26 Å². The van der Waals surface area contributed by atoms with Crippen molar-refractivity contribution in [2.45, 2.75) is 13.8 Å². The number of rotatable bonds is 6. The lowest BCUT2D eigenvalue weighted by atomic mass is 10.0. The second-order valence-corrected chi connectivity index (χ2v) is 8.78. The summed E-state index contributed by atoms with van der Waals surface area (Å²) in [5, 5.41) is 14.6. The standard InChI is InChI=1S/C28H28N6O2/c1-3-36-28(35)25-19-24(26-20(2)31-34(27(26)30-25)23-7-5-4-6-8-23)21-9-11-22(12-10-21)33-17-15-32(14-13-29)16-18-33/h4-12,19H,3,14-18H2,1-2H3. The molecule has 3 heterocycles. The Labute approximate surface area is 210 Å². The van der Waals surface area contributed by atoms with Crippen LogP contribution in [-0.4, -0.2) is 65.0 Å². The van der Waals surface area contributed by atoms with Crippen molar-refractivity contribution in [2.75, 3.05) is 44.2 Å². The Morgan fingerprint density at radius 2 is 1.75 bits per heavy atom. The molecule has 1 saturated heterocycles. The number of benzene rings is 2. The Bertz CT molecular complexity index is 1410. The SMILES string of the molecule is CCOC(=O)c1cc(-c2ccc(N3CCN(CC#N)CC3)cc2)c2c(C)nn(-c3ccccc3)c2n1. The molecule has 2 aromatic heterocycles. The summed E-state index contributed by atoms with van der Waals surface area (Å²) in [7, 11) is 0. The molecule has 4 aromatic rings. The summed E-state index contributed by atoms with van der Waals surface area (Å²) in [6, 6.07) is 22.2. The first kappa shape index (κ1) is 23.5. The first-order valence-electron chi connectivity index (χ1n) is 12.2. The van der Waals surface area contributed by atoms with Gasteiger partial charge in [-0.15, -0.1) is 0 Å². The van der Waals surface area contributed by atoms with E-state index < -0.39 is 5.97 Å². The van der Waals surface area contributed by atoms with Gasteiger partial charge in [0.2, 0.25) is 0 Å². The van der Waals surface area contributed by atoms with E-state index in [0.29, 0.717) is 12.2 Å². The second kappa shape index (κ2) is 10.2. The summed E-state index contributed by atoms with van der Waals surface area (Å²) in [6.07, 6.45) is 0. The van der Waals surface area contributed by atoms with Gasteiger partial charge in [-0.25, -0.2) is 14.5 Å². The van der Waals surface area contributed by atoms with Gasteiger partial charge in [-0.05, 0) is 55.3 Å². The van der Waals surface area contributed by atoms with Gasteiger partial charge in [-0.1, -0.05) is 30.3 Å². The average molecular weight is 481 g/mol. The molecule has 1 aliphatic heterocycles. The molecule has 0 unspecified atom stereocenters. The average Bonchev–Trinajstić information content (AvgIpc) is 3.26. The number of carbonyl (C=O) groups is 1.